The van der Waals surface area contributed by atoms with E-state index >= 15 is 0 Å². The number of piperidine rings is 1. The Morgan fingerprint density at radius 1 is 1.17 bits per heavy atom. The quantitative estimate of drug-likeness (QED) is 0.665. The molecule has 30 heavy (non-hydrogen) atoms. The Hall–Kier alpha value is -2.13. The van der Waals surface area contributed by atoms with Gasteiger partial charge in [0.1, 0.15) is 0 Å². The number of ether oxygens (including phenoxy) is 1. The number of hydrogen-bond donors (Lipinski definition) is 2. The molecule has 0 atom stereocenters. The number of hydrogen-bond acceptors (Lipinski definition) is 5. The van der Waals surface area contributed by atoms with Gasteiger partial charge >= 0.3 is 6.09 Å². The van der Waals surface area contributed by atoms with E-state index in [9.17, 15) is 13.2 Å². The van der Waals surface area contributed by atoms with Crippen molar-refractivity contribution in [3.8, 4) is 0 Å². The number of carbonyl (C=O) groups is 1. The number of anilines is 1. The van der Waals surface area contributed by atoms with Gasteiger partial charge in [-0.05, 0) is 41.8 Å². The van der Waals surface area contributed by atoms with Crippen molar-refractivity contribution in [1.29, 1.82) is 0 Å². The summed E-state index contributed by atoms with van der Waals surface area (Å²) in [7, 11) is -3.69. The maximum absolute atomic E-state index is 12.8. The molecule has 0 radical (unpaired) electrons. The van der Waals surface area contributed by atoms with Crippen molar-refractivity contribution in [2.45, 2.75) is 43.2 Å². The van der Waals surface area contributed by atoms with Gasteiger partial charge in [0, 0.05) is 36.6 Å². The molecule has 1 aliphatic heterocycles. The van der Waals surface area contributed by atoms with Crippen LogP contribution in [0.3, 0.4) is 0 Å². The number of rotatable bonds is 5. The van der Waals surface area contributed by atoms with Crippen molar-refractivity contribution in [3.05, 3.63) is 59.1 Å². The van der Waals surface area contributed by atoms with Crippen LogP contribution in [-0.2, 0) is 14.8 Å². The molecule has 3 rings (SSSR count). The van der Waals surface area contributed by atoms with Crippen molar-refractivity contribution >= 4 is 33.4 Å². The van der Waals surface area contributed by atoms with E-state index in [0.29, 0.717) is 16.6 Å². The predicted molar refractivity (Wildman–Crippen MR) is 117 cm³/mol. The Bertz CT molecular complexity index is 1000. The van der Waals surface area contributed by atoms with Gasteiger partial charge in [-0.15, -0.1) is 0 Å². The number of nitrogens with zero attached hydrogens (tertiary/aromatic N) is 1. The second-order valence-corrected chi connectivity index (χ2v) is 10.1. The number of nitrogens with one attached hydrogen (secondary N) is 1. The third-order valence-corrected chi connectivity index (χ3v) is 7.25. The van der Waals surface area contributed by atoms with Gasteiger partial charge in [0.15, 0.2) is 5.72 Å². The average Bonchev–Trinajstić information content (AvgIpc) is 2.68. The molecule has 0 aliphatic carbocycles. The lowest BCUT2D eigenvalue weighted by Gasteiger charge is -2.37. The van der Waals surface area contributed by atoms with E-state index in [1.165, 1.54) is 16.4 Å². The van der Waals surface area contributed by atoms with Gasteiger partial charge in [-0.25, -0.2) is 13.2 Å². The first-order valence-electron chi connectivity index (χ1n) is 9.74. The van der Waals surface area contributed by atoms with E-state index < -0.39 is 21.8 Å². The summed E-state index contributed by atoms with van der Waals surface area (Å²) in [5.74, 6) is 0.395. The van der Waals surface area contributed by atoms with Gasteiger partial charge in [0.05, 0.1) is 4.90 Å². The number of nitrogens with two attached hydrogens (primary N) is 1. The molecular formula is C21H26ClN3O4S. The number of amides is 1. The summed E-state index contributed by atoms with van der Waals surface area (Å²) in [5, 5.41) is 3.02. The standard InChI is InChI=1S/C21H26ClN3O4S/c1-15(2)16-6-8-18(9-7-16)24-20(26)29-21(23)10-12-25(13-11-21)30(27,28)19-5-3-4-17(22)14-19/h3-9,14-15H,10-13,23H2,1-2H3,(H,24,26). The van der Waals surface area contributed by atoms with E-state index in [4.69, 9.17) is 22.1 Å². The molecule has 1 fully saturated rings. The highest BCUT2D eigenvalue weighted by atomic mass is 35.5. The van der Waals surface area contributed by atoms with Crippen LogP contribution in [0.1, 0.15) is 38.2 Å². The van der Waals surface area contributed by atoms with Crippen LogP contribution in [0.5, 0.6) is 0 Å². The average molecular weight is 452 g/mol. The summed E-state index contributed by atoms with van der Waals surface area (Å²) in [6, 6.07) is 13.6. The van der Waals surface area contributed by atoms with Gasteiger partial charge in [-0.3, -0.25) is 11.1 Å². The molecule has 162 valence electrons. The summed E-state index contributed by atoms with van der Waals surface area (Å²) >= 11 is 5.92. The molecular weight excluding hydrogens is 426 g/mol. The van der Waals surface area contributed by atoms with E-state index in [-0.39, 0.29) is 30.8 Å². The monoisotopic (exact) mass is 451 g/mol. The highest BCUT2D eigenvalue weighted by Gasteiger charge is 2.38. The Labute approximate surface area is 182 Å². The lowest BCUT2D eigenvalue weighted by Crippen LogP contribution is -2.54. The van der Waals surface area contributed by atoms with Crippen molar-refractivity contribution in [1.82, 2.24) is 4.31 Å². The minimum Gasteiger partial charge on any atom is -0.428 e. The van der Waals surface area contributed by atoms with Crippen LogP contribution in [0.25, 0.3) is 0 Å². The van der Waals surface area contributed by atoms with E-state index in [1.54, 1.807) is 24.3 Å². The van der Waals surface area contributed by atoms with Crippen LogP contribution in [0, 0.1) is 0 Å². The molecule has 7 nitrogen and oxygen atoms in total. The fraction of sp³-hybridized carbons (Fsp3) is 0.381. The summed E-state index contributed by atoms with van der Waals surface area (Å²) in [6.07, 6.45) is -0.292. The van der Waals surface area contributed by atoms with Gasteiger partial charge in [0.2, 0.25) is 10.0 Å². The SMILES string of the molecule is CC(C)c1ccc(NC(=O)OC2(N)CCN(S(=O)(=O)c3cccc(Cl)c3)CC2)cc1. The molecule has 0 aromatic heterocycles. The Morgan fingerprint density at radius 2 is 1.80 bits per heavy atom. The third-order valence-electron chi connectivity index (χ3n) is 5.12. The number of halogens is 1. The highest BCUT2D eigenvalue weighted by Crippen LogP contribution is 2.27. The molecule has 3 N–H and O–H groups in total. The molecule has 2 aromatic rings. The fourth-order valence-electron chi connectivity index (χ4n) is 3.26. The zero-order valence-electron chi connectivity index (χ0n) is 17.0. The second kappa shape index (κ2) is 8.93. The first-order valence-corrected chi connectivity index (χ1v) is 11.6. The van der Waals surface area contributed by atoms with Crippen LogP contribution in [-0.4, -0.2) is 37.6 Å². The largest absolute Gasteiger partial charge is 0.428 e. The zero-order valence-corrected chi connectivity index (χ0v) is 18.5. The van der Waals surface area contributed by atoms with Crippen LogP contribution < -0.4 is 11.1 Å². The van der Waals surface area contributed by atoms with Gasteiger partial charge in [-0.1, -0.05) is 43.6 Å². The molecule has 9 heteroatoms. The van der Waals surface area contributed by atoms with Crippen molar-refractivity contribution in [2.24, 2.45) is 5.73 Å². The van der Waals surface area contributed by atoms with Crippen LogP contribution >= 0.6 is 11.6 Å². The number of benzene rings is 2. The van der Waals surface area contributed by atoms with Gasteiger partial charge in [0.25, 0.3) is 0 Å². The minimum absolute atomic E-state index is 0.128. The Morgan fingerprint density at radius 3 is 2.37 bits per heavy atom. The summed E-state index contributed by atoms with van der Waals surface area (Å²) in [5.41, 5.74) is 6.76. The van der Waals surface area contributed by atoms with Crippen LogP contribution in [0.15, 0.2) is 53.4 Å². The Kier molecular flexibility index (Phi) is 6.71. The van der Waals surface area contributed by atoms with Crippen LogP contribution in [0.2, 0.25) is 5.02 Å². The lowest BCUT2D eigenvalue weighted by molar-refractivity contribution is -0.0116. The number of carbonyl (C=O) groups excluding carboxylic acids is 1. The van der Waals surface area contributed by atoms with E-state index in [1.807, 2.05) is 12.1 Å². The molecule has 1 amide bonds. The zero-order chi connectivity index (χ0) is 21.9. The predicted octanol–water partition coefficient (Wildman–Crippen LogP) is 4.15. The smallest absolute Gasteiger partial charge is 0.413 e. The van der Waals surface area contributed by atoms with Gasteiger partial charge in [-0.2, -0.15) is 4.31 Å². The fourth-order valence-corrected chi connectivity index (χ4v) is 5.01. The van der Waals surface area contributed by atoms with E-state index in [0.717, 1.165) is 5.56 Å². The third kappa shape index (κ3) is 5.31. The van der Waals surface area contributed by atoms with E-state index in [2.05, 4.69) is 19.2 Å². The molecule has 1 heterocycles. The first-order chi connectivity index (χ1) is 14.1. The molecule has 1 saturated heterocycles. The van der Waals surface area contributed by atoms with Crippen molar-refractivity contribution in [3.63, 3.8) is 0 Å². The molecule has 0 spiro atoms. The van der Waals surface area contributed by atoms with Crippen molar-refractivity contribution < 1.29 is 17.9 Å². The Balaban J connectivity index is 1.58. The highest BCUT2D eigenvalue weighted by molar-refractivity contribution is 7.89. The summed E-state index contributed by atoms with van der Waals surface area (Å²) in [6.45, 7) is 4.46. The maximum Gasteiger partial charge on any atom is 0.413 e. The maximum atomic E-state index is 12.8. The molecule has 1 aliphatic rings. The topological polar surface area (TPSA) is 102 Å². The molecule has 0 bridgehead atoms. The molecule has 2 aromatic carbocycles. The summed E-state index contributed by atoms with van der Waals surface area (Å²) < 4.78 is 32.4. The minimum atomic E-state index is -3.69. The lowest BCUT2D eigenvalue weighted by atomic mass is 10.0. The first kappa shape index (κ1) is 22.6. The molecule has 0 saturated carbocycles. The normalized spacial score (nSPS) is 17.0. The second-order valence-electron chi connectivity index (χ2n) is 7.72. The van der Waals surface area contributed by atoms with Crippen molar-refractivity contribution in [2.75, 3.05) is 18.4 Å². The number of sulfonamides is 1. The molecule has 0 unspecified atom stereocenters. The van der Waals surface area contributed by atoms with Gasteiger partial charge < -0.3 is 4.74 Å². The summed E-state index contributed by atoms with van der Waals surface area (Å²) in [4.78, 5) is 12.4. The van der Waals surface area contributed by atoms with Crippen LogP contribution in [0.4, 0.5) is 10.5 Å².